The fourth-order valence-electron chi connectivity index (χ4n) is 3.20. The number of amides is 1. The molecule has 0 saturated carbocycles. The lowest BCUT2D eigenvalue weighted by molar-refractivity contribution is 0.102. The highest BCUT2D eigenvalue weighted by Gasteiger charge is 2.20. The minimum Gasteiger partial charge on any atom is -0.317 e. The SMILES string of the molecule is Cc1cccc2ccc(C(=O)Nc3n[nH]c(C4CCNCC4)n3)nc12. The molecule has 0 unspecified atom stereocenters. The normalized spacial score (nSPS) is 15.4. The van der Waals surface area contributed by atoms with Gasteiger partial charge in [-0.15, -0.1) is 5.10 Å². The molecule has 4 rings (SSSR count). The van der Waals surface area contributed by atoms with Gasteiger partial charge in [0.1, 0.15) is 11.5 Å². The van der Waals surface area contributed by atoms with E-state index in [-0.39, 0.29) is 5.91 Å². The van der Waals surface area contributed by atoms with Gasteiger partial charge < -0.3 is 5.32 Å². The summed E-state index contributed by atoms with van der Waals surface area (Å²) in [5.41, 5.74) is 2.23. The zero-order chi connectivity index (χ0) is 17.2. The Morgan fingerprint density at radius 1 is 1.16 bits per heavy atom. The quantitative estimate of drug-likeness (QED) is 0.682. The molecule has 7 heteroatoms. The summed E-state index contributed by atoms with van der Waals surface area (Å²) in [5, 5.41) is 14.1. The highest BCUT2D eigenvalue weighted by molar-refractivity contribution is 6.03. The Kier molecular flexibility index (Phi) is 4.15. The minimum atomic E-state index is -0.305. The van der Waals surface area contributed by atoms with Crippen molar-refractivity contribution in [3.8, 4) is 0 Å². The molecule has 0 atom stereocenters. The highest BCUT2D eigenvalue weighted by Crippen LogP contribution is 2.22. The highest BCUT2D eigenvalue weighted by atomic mass is 16.2. The number of nitrogens with one attached hydrogen (secondary N) is 3. The molecule has 25 heavy (non-hydrogen) atoms. The standard InChI is InChI=1S/C18H20N6O/c1-11-3-2-4-12-5-6-14(20-15(11)12)17(25)22-18-21-16(23-24-18)13-7-9-19-10-8-13/h2-6,13,19H,7-10H2,1H3,(H2,21,22,23,24,25). The third-order valence-corrected chi connectivity index (χ3v) is 4.61. The molecular weight excluding hydrogens is 316 g/mol. The number of piperidine rings is 1. The Morgan fingerprint density at radius 3 is 2.84 bits per heavy atom. The van der Waals surface area contributed by atoms with Gasteiger partial charge in [0, 0.05) is 11.3 Å². The predicted octanol–water partition coefficient (Wildman–Crippen LogP) is 2.38. The number of hydrogen-bond acceptors (Lipinski definition) is 5. The van der Waals surface area contributed by atoms with Crippen molar-refractivity contribution >= 4 is 22.8 Å². The first-order valence-corrected chi connectivity index (χ1v) is 8.51. The Balaban J connectivity index is 1.52. The maximum Gasteiger partial charge on any atom is 0.276 e. The Labute approximate surface area is 145 Å². The molecule has 1 aliphatic heterocycles. The molecule has 3 aromatic rings. The molecule has 1 fully saturated rings. The molecule has 0 aliphatic carbocycles. The van der Waals surface area contributed by atoms with E-state index >= 15 is 0 Å². The van der Waals surface area contributed by atoms with Crippen molar-refractivity contribution in [1.82, 2.24) is 25.5 Å². The van der Waals surface area contributed by atoms with E-state index in [9.17, 15) is 4.79 Å². The van der Waals surface area contributed by atoms with Crippen molar-refractivity contribution in [2.45, 2.75) is 25.7 Å². The van der Waals surface area contributed by atoms with Crippen LogP contribution in [0.1, 0.15) is 40.6 Å². The summed E-state index contributed by atoms with van der Waals surface area (Å²) in [6.45, 7) is 3.94. The summed E-state index contributed by atoms with van der Waals surface area (Å²) < 4.78 is 0. The molecule has 3 heterocycles. The van der Waals surface area contributed by atoms with Gasteiger partial charge in [-0.1, -0.05) is 24.3 Å². The molecule has 3 N–H and O–H groups in total. The second-order valence-electron chi connectivity index (χ2n) is 6.37. The van der Waals surface area contributed by atoms with Crippen LogP contribution in [0.5, 0.6) is 0 Å². The topological polar surface area (TPSA) is 95.6 Å². The van der Waals surface area contributed by atoms with Gasteiger partial charge in [0.15, 0.2) is 0 Å². The molecule has 1 aromatic carbocycles. The Bertz CT molecular complexity index is 913. The number of aryl methyl sites for hydroxylation is 1. The van der Waals surface area contributed by atoms with E-state index in [2.05, 4.69) is 30.8 Å². The van der Waals surface area contributed by atoms with E-state index in [1.165, 1.54) is 0 Å². The molecule has 1 aliphatic rings. The van der Waals surface area contributed by atoms with Gasteiger partial charge >= 0.3 is 0 Å². The summed E-state index contributed by atoms with van der Waals surface area (Å²) in [6.07, 6.45) is 2.04. The zero-order valence-corrected chi connectivity index (χ0v) is 14.0. The van der Waals surface area contributed by atoms with Crippen LogP contribution in [-0.2, 0) is 0 Å². The first-order valence-electron chi connectivity index (χ1n) is 8.51. The predicted molar refractivity (Wildman–Crippen MR) is 95.7 cm³/mol. The Hall–Kier alpha value is -2.80. The second-order valence-corrected chi connectivity index (χ2v) is 6.37. The van der Waals surface area contributed by atoms with E-state index in [0.29, 0.717) is 17.6 Å². The summed E-state index contributed by atoms with van der Waals surface area (Å²) >= 11 is 0. The van der Waals surface area contributed by atoms with Crippen LogP contribution >= 0.6 is 0 Å². The van der Waals surface area contributed by atoms with Crippen LogP contribution in [-0.4, -0.2) is 39.2 Å². The lowest BCUT2D eigenvalue weighted by Crippen LogP contribution is -2.27. The number of anilines is 1. The number of carbonyl (C=O) groups is 1. The second kappa shape index (κ2) is 6.60. The molecule has 1 saturated heterocycles. The first kappa shape index (κ1) is 15.7. The minimum absolute atomic E-state index is 0.296. The van der Waals surface area contributed by atoms with Gasteiger partial charge in [0.05, 0.1) is 5.52 Å². The number of para-hydroxylation sites is 1. The Morgan fingerprint density at radius 2 is 2.00 bits per heavy atom. The molecule has 1 amide bonds. The number of H-pyrrole nitrogens is 1. The van der Waals surface area contributed by atoms with Crippen LogP contribution in [0.3, 0.4) is 0 Å². The smallest absolute Gasteiger partial charge is 0.276 e. The molecular formula is C18H20N6O. The van der Waals surface area contributed by atoms with Crippen LogP contribution in [0, 0.1) is 6.92 Å². The van der Waals surface area contributed by atoms with Gasteiger partial charge in [0.2, 0.25) is 5.95 Å². The van der Waals surface area contributed by atoms with E-state index in [1.54, 1.807) is 6.07 Å². The summed E-state index contributed by atoms with van der Waals surface area (Å²) in [6, 6.07) is 9.57. The summed E-state index contributed by atoms with van der Waals surface area (Å²) in [7, 11) is 0. The van der Waals surface area contributed by atoms with Crippen molar-refractivity contribution in [3.05, 3.63) is 47.4 Å². The van der Waals surface area contributed by atoms with Crippen molar-refractivity contribution in [2.24, 2.45) is 0 Å². The number of fused-ring (bicyclic) bond motifs is 1. The van der Waals surface area contributed by atoms with Gasteiger partial charge in [-0.25, -0.2) is 4.98 Å². The summed E-state index contributed by atoms with van der Waals surface area (Å²) in [5.74, 6) is 1.19. The van der Waals surface area contributed by atoms with Gasteiger partial charge in [-0.3, -0.25) is 15.2 Å². The zero-order valence-electron chi connectivity index (χ0n) is 14.0. The number of hydrogen-bond donors (Lipinski definition) is 3. The van der Waals surface area contributed by atoms with Crippen molar-refractivity contribution in [2.75, 3.05) is 18.4 Å². The fourth-order valence-corrected chi connectivity index (χ4v) is 3.20. The number of nitrogens with zero attached hydrogens (tertiary/aromatic N) is 3. The maximum absolute atomic E-state index is 12.5. The van der Waals surface area contributed by atoms with Crippen LogP contribution in [0.4, 0.5) is 5.95 Å². The third kappa shape index (κ3) is 3.23. The van der Waals surface area contributed by atoms with E-state index in [0.717, 1.165) is 48.2 Å². The number of aromatic nitrogens is 4. The number of aromatic amines is 1. The fraction of sp³-hybridized carbons (Fsp3) is 0.333. The van der Waals surface area contributed by atoms with Gasteiger partial charge in [0.25, 0.3) is 5.91 Å². The number of benzene rings is 1. The lowest BCUT2D eigenvalue weighted by atomic mass is 9.98. The van der Waals surface area contributed by atoms with Crippen molar-refractivity contribution < 1.29 is 4.79 Å². The van der Waals surface area contributed by atoms with Gasteiger partial charge in [-0.05, 0) is 44.5 Å². The van der Waals surface area contributed by atoms with E-state index in [4.69, 9.17) is 0 Å². The molecule has 7 nitrogen and oxygen atoms in total. The number of rotatable bonds is 3. The van der Waals surface area contributed by atoms with Crippen molar-refractivity contribution in [1.29, 1.82) is 0 Å². The average Bonchev–Trinajstić information content (AvgIpc) is 3.11. The maximum atomic E-state index is 12.5. The van der Waals surface area contributed by atoms with Crippen LogP contribution in [0.2, 0.25) is 0 Å². The van der Waals surface area contributed by atoms with Crippen LogP contribution in [0.15, 0.2) is 30.3 Å². The molecule has 0 bridgehead atoms. The largest absolute Gasteiger partial charge is 0.317 e. The molecule has 128 valence electrons. The van der Waals surface area contributed by atoms with Crippen LogP contribution in [0.25, 0.3) is 10.9 Å². The monoisotopic (exact) mass is 336 g/mol. The van der Waals surface area contributed by atoms with Gasteiger partial charge in [-0.2, -0.15) is 4.98 Å². The lowest BCUT2D eigenvalue weighted by Gasteiger charge is -2.19. The van der Waals surface area contributed by atoms with Crippen molar-refractivity contribution in [3.63, 3.8) is 0 Å². The van der Waals surface area contributed by atoms with Crippen LogP contribution < -0.4 is 10.6 Å². The first-order chi connectivity index (χ1) is 12.2. The van der Waals surface area contributed by atoms with E-state index < -0.39 is 0 Å². The summed E-state index contributed by atoms with van der Waals surface area (Å²) in [4.78, 5) is 21.4. The third-order valence-electron chi connectivity index (χ3n) is 4.61. The molecule has 0 spiro atoms. The molecule has 2 aromatic heterocycles. The average molecular weight is 336 g/mol. The number of pyridine rings is 1. The van der Waals surface area contributed by atoms with E-state index in [1.807, 2.05) is 31.2 Å². The molecule has 0 radical (unpaired) electrons. The number of carbonyl (C=O) groups excluding carboxylic acids is 1.